The maximum Gasteiger partial charge on any atom is 0.0635 e. The molecule has 0 spiro atoms. The van der Waals surface area contributed by atoms with Gasteiger partial charge in [-0.25, -0.2) is 0 Å². The van der Waals surface area contributed by atoms with Crippen molar-refractivity contribution in [3.63, 3.8) is 0 Å². The summed E-state index contributed by atoms with van der Waals surface area (Å²) in [6.45, 7) is 1.96. The van der Waals surface area contributed by atoms with Crippen molar-refractivity contribution in [1.29, 1.82) is 0 Å². The van der Waals surface area contributed by atoms with Gasteiger partial charge in [0.2, 0.25) is 0 Å². The zero-order chi connectivity index (χ0) is 12.3. The first kappa shape index (κ1) is 11.8. The minimum Gasteiger partial charge on any atom is -0.392 e. The molecule has 0 aromatic carbocycles. The fourth-order valence-corrected chi connectivity index (χ4v) is 1.96. The molecule has 0 saturated carbocycles. The fourth-order valence-electron chi connectivity index (χ4n) is 1.96. The molecule has 2 aromatic heterocycles. The van der Waals surface area contributed by atoms with E-state index in [0.717, 1.165) is 17.0 Å². The molecule has 17 heavy (non-hydrogen) atoms. The van der Waals surface area contributed by atoms with Gasteiger partial charge in [0, 0.05) is 31.6 Å². The van der Waals surface area contributed by atoms with E-state index in [2.05, 4.69) is 10.1 Å². The third-order valence-electron chi connectivity index (χ3n) is 2.76. The summed E-state index contributed by atoms with van der Waals surface area (Å²) in [5.41, 5.74) is 3.15. The lowest BCUT2D eigenvalue weighted by molar-refractivity contribution is 0.173. The number of hydrogen-bond acceptors (Lipinski definition) is 3. The number of aliphatic hydroxyl groups is 1. The maximum absolute atomic E-state index is 10.0. The summed E-state index contributed by atoms with van der Waals surface area (Å²) in [6.07, 6.45) is 4.38. The van der Waals surface area contributed by atoms with Crippen LogP contribution in [0.15, 0.2) is 30.6 Å². The monoisotopic (exact) mass is 231 g/mol. The number of nitrogens with zero attached hydrogens (tertiary/aromatic N) is 3. The molecule has 90 valence electrons. The Morgan fingerprint density at radius 1 is 1.29 bits per heavy atom. The van der Waals surface area contributed by atoms with E-state index in [1.807, 2.05) is 36.9 Å². The quantitative estimate of drug-likeness (QED) is 0.862. The van der Waals surface area contributed by atoms with Crippen LogP contribution in [0.25, 0.3) is 0 Å². The number of aliphatic hydroxyl groups excluding tert-OH is 1. The van der Waals surface area contributed by atoms with E-state index in [1.54, 1.807) is 12.4 Å². The Kier molecular flexibility index (Phi) is 3.54. The summed E-state index contributed by atoms with van der Waals surface area (Å²) in [7, 11) is 1.90. The summed E-state index contributed by atoms with van der Waals surface area (Å²) in [5, 5.41) is 14.3. The Balaban J connectivity index is 1.98. The Morgan fingerprint density at radius 2 is 2.00 bits per heavy atom. The Hall–Kier alpha value is -1.68. The summed E-state index contributed by atoms with van der Waals surface area (Å²) in [5.74, 6) is 0. The lowest BCUT2D eigenvalue weighted by Crippen LogP contribution is -2.16. The van der Waals surface area contributed by atoms with E-state index in [0.29, 0.717) is 12.8 Å². The molecule has 2 rings (SSSR count). The van der Waals surface area contributed by atoms with Crippen molar-refractivity contribution in [3.05, 3.63) is 47.5 Å². The van der Waals surface area contributed by atoms with Crippen LogP contribution in [-0.2, 0) is 19.9 Å². The first-order chi connectivity index (χ1) is 8.15. The largest absolute Gasteiger partial charge is 0.392 e. The van der Waals surface area contributed by atoms with Gasteiger partial charge in [-0.15, -0.1) is 0 Å². The van der Waals surface area contributed by atoms with Crippen molar-refractivity contribution in [2.24, 2.45) is 7.05 Å². The lowest BCUT2D eigenvalue weighted by atomic mass is 10.1. The Bertz CT molecular complexity index is 479. The van der Waals surface area contributed by atoms with Gasteiger partial charge >= 0.3 is 0 Å². The van der Waals surface area contributed by atoms with Crippen molar-refractivity contribution in [2.75, 3.05) is 0 Å². The molecule has 0 aliphatic carbocycles. The third-order valence-corrected chi connectivity index (χ3v) is 2.76. The van der Waals surface area contributed by atoms with Crippen LogP contribution in [0, 0.1) is 6.92 Å². The van der Waals surface area contributed by atoms with Gasteiger partial charge in [-0.2, -0.15) is 5.10 Å². The molecule has 1 unspecified atom stereocenters. The molecule has 0 aliphatic rings. The van der Waals surface area contributed by atoms with Gasteiger partial charge in [0.05, 0.1) is 11.8 Å². The van der Waals surface area contributed by atoms with Crippen molar-refractivity contribution in [2.45, 2.75) is 25.9 Å². The highest BCUT2D eigenvalue weighted by atomic mass is 16.3. The van der Waals surface area contributed by atoms with Crippen molar-refractivity contribution < 1.29 is 5.11 Å². The smallest absolute Gasteiger partial charge is 0.0635 e. The van der Waals surface area contributed by atoms with E-state index in [4.69, 9.17) is 0 Å². The average Bonchev–Trinajstić information content (AvgIpc) is 2.58. The summed E-state index contributed by atoms with van der Waals surface area (Å²) in [4.78, 5) is 3.96. The second-order valence-corrected chi connectivity index (χ2v) is 4.32. The molecule has 1 atom stereocenters. The lowest BCUT2D eigenvalue weighted by Gasteiger charge is -2.10. The van der Waals surface area contributed by atoms with Crippen LogP contribution in [-0.4, -0.2) is 26.0 Å². The van der Waals surface area contributed by atoms with E-state index in [1.165, 1.54) is 0 Å². The minimum atomic E-state index is -0.382. The molecule has 0 radical (unpaired) electrons. The standard InChI is InChI=1S/C13H17N3O/c1-10-7-12(16(2)15-10)9-13(17)8-11-3-5-14-6-4-11/h3-7,13,17H,8-9H2,1-2H3. The topological polar surface area (TPSA) is 50.9 Å². The van der Waals surface area contributed by atoms with Crippen LogP contribution in [0.5, 0.6) is 0 Å². The van der Waals surface area contributed by atoms with Gasteiger partial charge in [-0.05, 0) is 37.1 Å². The number of aromatic nitrogens is 3. The van der Waals surface area contributed by atoms with Crippen LogP contribution in [0.3, 0.4) is 0 Å². The minimum absolute atomic E-state index is 0.382. The number of rotatable bonds is 4. The van der Waals surface area contributed by atoms with Gasteiger partial charge < -0.3 is 5.11 Å². The molecule has 0 aliphatic heterocycles. The van der Waals surface area contributed by atoms with E-state index in [9.17, 15) is 5.11 Å². The van der Waals surface area contributed by atoms with E-state index >= 15 is 0 Å². The highest BCUT2D eigenvalue weighted by molar-refractivity contribution is 5.13. The van der Waals surface area contributed by atoms with Gasteiger partial charge in [-0.3, -0.25) is 9.67 Å². The first-order valence-electron chi connectivity index (χ1n) is 5.71. The van der Waals surface area contributed by atoms with Crippen LogP contribution < -0.4 is 0 Å². The molecule has 4 nitrogen and oxygen atoms in total. The maximum atomic E-state index is 10.0. The first-order valence-corrected chi connectivity index (χ1v) is 5.71. The van der Waals surface area contributed by atoms with Gasteiger partial charge in [0.1, 0.15) is 0 Å². The fraction of sp³-hybridized carbons (Fsp3) is 0.385. The third kappa shape index (κ3) is 3.14. The van der Waals surface area contributed by atoms with Crippen molar-refractivity contribution in [3.8, 4) is 0 Å². The molecular weight excluding hydrogens is 214 g/mol. The molecule has 0 amide bonds. The Labute approximate surface area is 101 Å². The van der Waals surface area contributed by atoms with Crippen molar-refractivity contribution in [1.82, 2.24) is 14.8 Å². The second kappa shape index (κ2) is 5.10. The molecule has 1 N–H and O–H groups in total. The predicted molar refractivity (Wildman–Crippen MR) is 65.6 cm³/mol. The zero-order valence-electron chi connectivity index (χ0n) is 10.2. The average molecular weight is 231 g/mol. The molecule has 4 heteroatoms. The van der Waals surface area contributed by atoms with Crippen LogP contribution in [0.1, 0.15) is 17.0 Å². The summed E-state index contributed by atoms with van der Waals surface area (Å²) >= 11 is 0. The summed E-state index contributed by atoms with van der Waals surface area (Å²) < 4.78 is 1.82. The normalized spacial score (nSPS) is 12.6. The van der Waals surface area contributed by atoms with Gasteiger partial charge in [0.25, 0.3) is 0 Å². The van der Waals surface area contributed by atoms with E-state index in [-0.39, 0.29) is 6.10 Å². The molecule has 2 heterocycles. The zero-order valence-corrected chi connectivity index (χ0v) is 10.2. The van der Waals surface area contributed by atoms with Crippen molar-refractivity contribution >= 4 is 0 Å². The van der Waals surface area contributed by atoms with E-state index < -0.39 is 0 Å². The Morgan fingerprint density at radius 3 is 2.59 bits per heavy atom. The van der Waals surface area contributed by atoms with Gasteiger partial charge in [0.15, 0.2) is 0 Å². The molecule has 0 saturated heterocycles. The second-order valence-electron chi connectivity index (χ2n) is 4.32. The summed E-state index contributed by atoms with van der Waals surface area (Å²) in [6, 6.07) is 5.87. The number of pyridine rings is 1. The SMILES string of the molecule is Cc1cc(CC(O)Cc2ccncc2)n(C)n1. The number of hydrogen-bond donors (Lipinski definition) is 1. The molecular formula is C13H17N3O. The highest BCUT2D eigenvalue weighted by Crippen LogP contribution is 2.09. The molecule has 2 aromatic rings. The van der Waals surface area contributed by atoms with Crippen LogP contribution in [0.2, 0.25) is 0 Å². The number of aryl methyl sites for hydroxylation is 2. The highest BCUT2D eigenvalue weighted by Gasteiger charge is 2.10. The molecule has 0 fully saturated rings. The predicted octanol–water partition coefficient (Wildman–Crippen LogP) is 1.27. The molecule has 0 bridgehead atoms. The van der Waals surface area contributed by atoms with Crippen LogP contribution >= 0.6 is 0 Å². The van der Waals surface area contributed by atoms with Crippen LogP contribution in [0.4, 0.5) is 0 Å². The van der Waals surface area contributed by atoms with Gasteiger partial charge in [-0.1, -0.05) is 0 Å².